The summed E-state index contributed by atoms with van der Waals surface area (Å²) in [5.41, 5.74) is 5.18. The van der Waals surface area contributed by atoms with Crippen molar-refractivity contribution in [2.24, 2.45) is 0 Å². The zero-order valence-electron chi connectivity index (χ0n) is 12.3. The first-order valence-corrected chi connectivity index (χ1v) is 7.00. The Bertz CT molecular complexity index is 604. The van der Waals surface area contributed by atoms with Crippen LogP contribution in [0.2, 0.25) is 0 Å². The molecular weight excluding hydrogens is 320 g/mol. The van der Waals surface area contributed by atoms with Crippen molar-refractivity contribution in [1.82, 2.24) is 16.2 Å². The average Bonchev–Trinajstić information content (AvgIpc) is 2.52. The first-order chi connectivity index (χ1) is 11.0. The van der Waals surface area contributed by atoms with Crippen LogP contribution in [0.4, 0.5) is 10.5 Å². The van der Waals surface area contributed by atoms with Crippen molar-refractivity contribution in [2.45, 2.75) is 6.92 Å². The second-order valence-corrected chi connectivity index (χ2v) is 4.38. The first-order valence-electron chi connectivity index (χ1n) is 6.59. The fourth-order valence-electron chi connectivity index (χ4n) is 1.32. The number of rotatable bonds is 4. The van der Waals surface area contributed by atoms with Crippen LogP contribution in [0.3, 0.4) is 0 Å². The van der Waals surface area contributed by atoms with Gasteiger partial charge in [0.05, 0.1) is 6.61 Å². The van der Waals surface area contributed by atoms with Crippen molar-refractivity contribution in [1.29, 1.82) is 0 Å². The van der Waals surface area contributed by atoms with Crippen LogP contribution in [0.25, 0.3) is 0 Å². The van der Waals surface area contributed by atoms with Crippen molar-refractivity contribution in [3.63, 3.8) is 0 Å². The topological polar surface area (TPSA) is 109 Å². The van der Waals surface area contributed by atoms with Crippen LogP contribution in [-0.4, -0.2) is 29.6 Å². The first kappa shape index (κ1) is 18.1. The second-order valence-electron chi connectivity index (χ2n) is 3.97. The fourth-order valence-corrected chi connectivity index (χ4v) is 1.47. The van der Waals surface area contributed by atoms with Gasteiger partial charge in [-0.25, -0.2) is 15.0 Å². The largest absolute Gasteiger partial charge is 0.463 e. The number of benzene rings is 1. The number of urea groups is 1. The van der Waals surface area contributed by atoms with Gasteiger partial charge in [-0.05, 0) is 31.3 Å². The van der Waals surface area contributed by atoms with Gasteiger partial charge in [0.25, 0.3) is 0 Å². The molecule has 0 unspecified atom stereocenters. The van der Waals surface area contributed by atoms with Crippen molar-refractivity contribution >= 4 is 40.9 Å². The van der Waals surface area contributed by atoms with E-state index in [4.69, 9.17) is 12.2 Å². The SMILES string of the molecule is CCOC(=O)C=CC(=O)NC(=S)NNC(=O)Nc1ccccc1. The van der Waals surface area contributed by atoms with E-state index in [9.17, 15) is 14.4 Å². The summed E-state index contributed by atoms with van der Waals surface area (Å²) in [5.74, 6) is -1.28. The summed E-state index contributed by atoms with van der Waals surface area (Å²) in [4.78, 5) is 34.0. The summed E-state index contributed by atoms with van der Waals surface area (Å²) in [6.07, 6.45) is 1.94. The molecule has 1 aromatic carbocycles. The molecule has 8 nitrogen and oxygen atoms in total. The molecule has 0 aliphatic carbocycles. The number of esters is 1. The highest BCUT2D eigenvalue weighted by molar-refractivity contribution is 7.80. The molecule has 1 aromatic rings. The number of para-hydroxylation sites is 1. The molecule has 0 atom stereocenters. The van der Waals surface area contributed by atoms with E-state index in [1.54, 1.807) is 31.2 Å². The number of hydrogen-bond acceptors (Lipinski definition) is 5. The Morgan fingerprint density at radius 2 is 1.83 bits per heavy atom. The van der Waals surface area contributed by atoms with Gasteiger partial charge < -0.3 is 10.1 Å². The maximum atomic E-state index is 11.6. The smallest absolute Gasteiger partial charge is 0.337 e. The molecule has 0 saturated carbocycles. The van der Waals surface area contributed by atoms with Gasteiger partial charge in [0.1, 0.15) is 0 Å². The number of hydrazine groups is 1. The van der Waals surface area contributed by atoms with E-state index in [1.807, 2.05) is 6.07 Å². The third-order valence-electron chi connectivity index (χ3n) is 2.22. The molecule has 9 heteroatoms. The molecule has 0 heterocycles. The highest BCUT2D eigenvalue weighted by Crippen LogP contribution is 2.03. The lowest BCUT2D eigenvalue weighted by Crippen LogP contribution is -2.49. The Labute approximate surface area is 138 Å². The molecule has 0 bridgehead atoms. The van der Waals surface area contributed by atoms with Crippen LogP contribution >= 0.6 is 12.2 Å². The number of amides is 3. The third-order valence-corrected chi connectivity index (χ3v) is 2.42. The van der Waals surface area contributed by atoms with Gasteiger partial charge in [-0.2, -0.15) is 0 Å². The molecule has 0 aliphatic rings. The van der Waals surface area contributed by atoms with Crippen LogP contribution in [0, 0.1) is 0 Å². The molecule has 0 spiro atoms. The van der Waals surface area contributed by atoms with E-state index in [0.29, 0.717) is 5.69 Å². The molecule has 0 saturated heterocycles. The summed E-state index contributed by atoms with van der Waals surface area (Å²) in [5, 5.41) is 4.65. The van der Waals surface area contributed by atoms with Crippen molar-refractivity contribution in [3.8, 4) is 0 Å². The molecule has 0 fully saturated rings. The average molecular weight is 336 g/mol. The molecule has 0 aliphatic heterocycles. The zero-order chi connectivity index (χ0) is 17.1. The van der Waals surface area contributed by atoms with E-state index >= 15 is 0 Å². The summed E-state index contributed by atoms with van der Waals surface area (Å²) in [6, 6.07) is 8.21. The Kier molecular flexibility index (Phi) is 7.79. The molecule has 4 N–H and O–H groups in total. The Morgan fingerprint density at radius 1 is 1.13 bits per heavy atom. The van der Waals surface area contributed by atoms with Crippen LogP contribution in [0.1, 0.15) is 6.92 Å². The minimum Gasteiger partial charge on any atom is -0.463 e. The summed E-state index contributed by atoms with van der Waals surface area (Å²) in [7, 11) is 0. The number of carbonyl (C=O) groups is 3. The Balaban J connectivity index is 2.29. The van der Waals surface area contributed by atoms with Crippen molar-refractivity contribution < 1.29 is 19.1 Å². The van der Waals surface area contributed by atoms with Gasteiger partial charge in [0, 0.05) is 17.8 Å². The van der Waals surface area contributed by atoms with Crippen LogP contribution in [0.15, 0.2) is 42.5 Å². The number of nitrogens with one attached hydrogen (secondary N) is 4. The summed E-state index contributed by atoms with van der Waals surface area (Å²) < 4.78 is 4.61. The van der Waals surface area contributed by atoms with Gasteiger partial charge in [0.15, 0.2) is 5.11 Å². The quantitative estimate of drug-likeness (QED) is 0.281. The predicted octanol–water partition coefficient (Wildman–Crippen LogP) is 0.833. The van der Waals surface area contributed by atoms with E-state index in [1.165, 1.54) is 0 Å². The number of hydrogen-bond donors (Lipinski definition) is 4. The minimum absolute atomic E-state index is 0.133. The van der Waals surface area contributed by atoms with E-state index < -0.39 is 17.9 Å². The molecule has 1 rings (SSSR count). The maximum absolute atomic E-state index is 11.6. The van der Waals surface area contributed by atoms with E-state index in [0.717, 1.165) is 12.2 Å². The van der Waals surface area contributed by atoms with Crippen molar-refractivity contribution in [2.75, 3.05) is 11.9 Å². The normalized spacial score (nSPS) is 9.78. The monoisotopic (exact) mass is 336 g/mol. The highest BCUT2D eigenvalue weighted by atomic mass is 32.1. The number of ether oxygens (including phenoxy) is 1. The summed E-state index contributed by atoms with van der Waals surface area (Å²) in [6.45, 7) is 1.86. The Hall–Kier alpha value is -2.94. The van der Waals surface area contributed by atoms with Gasteiger partial charge in [0.2, 0.25) is 5.91 Å². The van der Waals surface area contributed by atoms with Crippen LogP contribution in [0.5, 0.6) is 0 Å². The highest BCUT2D eigenvalue weighted by Gasteiger charge is 2.04. The molecular formula is C14H16N4O4S. The second kappa shape index (κ2) is 9.90. The Morgan fingerprint density at radius 3 is 2.48 bits per heavy atom. The standard InChI is InChI=1S/C14H16N4O4S/c1-2-22-12(20)9-8-11(19)16-14(23)18-17-13(21)15-10-6-4-3-5-7-10/h3-9H,2H2,1H3,(H2,15,17,21)(H2,16,18,19,23). The fraction of sp³-hybridized carbons (Fsp3) is 0.143. The van der Waals surface area contributed by atoms with Gasteiger partial charge in [-0.3, -0.25) is 15.5 Å². The number of carbonyl (C=O) groups excluding carboxylic acids is 3. The lowest BCUT2D eigenvalue weighted by molar-refractivity contribution is -0.137. The van der Waals surface area contributed by atoms with E-state index in [-0.39, 0.29) is 11.7 Å². The molecule has 23 heavy (non-hydrogen) atoms. The third kappa shape index (κ3) is 8.17. The zero-order valence-corrected chi connectivity index (χ0v) is 13.1. The maximum Gasteiger partial charge on any atom is 0.337 e. The lowest BCUT2D eigenvalue weighted by atomic mass is 10.3. The minimum atomic E-state index is -0.638. The van der Waals surface area contributed by atoms with Crippen LogP contribution < -0.4 is 21.5 Å². The molecule has 122 valence electrons. The molecule has 3 amide bonds. The lowest BCUT2D eigenvalue weighted by Gasteiger charge is -2.10. The van der Waals surface area contributed by atoms with Gasteiger partial charge in [-0.1, -0.05) is 18.2 Å². The predicted molar refractivity (Wildman–Crippen MR) is 88.2 cm³/mol. The molecule has 0 aromatic heterocycles. The number of thiocarbonyl (C=S) groups is 1. The van der Waals surface area contributed by atoms with Gasteiger partial charge >= 0.3 is 12.0 Å². The summed E-state index contributed by atoms with van der Waals surface area (Å²) >= 11 is 4.81. The number of anilines is 1. The molecule has 0 radical (unpaired) electrons. The van der Waals surface area contributed by atoms with Crippen LogP contribution in [-0.2, 0) is 14.3 Å². The van der Waals surface area contributed by atoms with Gasteiger partial charge in [-0.15, -0.1) is 0 Å². The van der Waals surface area contributed by atoms with Crippen molar-refractivity contribution in [3.05, 3.63) is 42.5 Å². The van der Waals surface area contributed by atoms with E-state index in [2.05, 4.69) is 26.2 Å².